The maximum Gasteiger partial charge on any atom is 0.410 e. The third-order valence-electron chi connectivity index (χ3n) is 8.20. The number of carbonyl (C=O) groups is 1. The van der Waals surface area contributed by atoms with Crippen LogP contribution in [0.25, 0.3) is 0 Å². The van der Waals surface area contributed by atoms with Gasteiger partial charge in [-0.15, -0.1) is 0 Å². The summed E-state index contributed by atoms with van der Waals surface area (Å²) in [6.45, 7) is 10.6. The second-order valence-electron chi connectivity index (χ2n) is 12.1. The molecule has 8 heteroatoms. The Bertz CT molecular complexity index is 843. The van der Waals surface area contributed by atoms with Crippen molar-refractivity contribution in [1.82, 2.24) is 15.0 Å². The quantitative estimate of drug-likeness (QED) is 0.490. The first-order valence-electron chi connectivity index (χ1n) is 13.3. The smallest absolute Gasteiger partial charge is 0.410 e. The number of nitrogens with zero attached hydrogens (tertiary/aromatic N) is 3. The molecule has 4 bridgehead atoms. The average Bonchev–Trinajstić information content (AvgIpc) is 3.40. The summed E-state index contributed by atoms with van der Waals surface area (Å²) in [5.74, 6) is 3.69. The summed E-state index contributed by atoms with van der Waals surface area (Å²) in [6, 6.07) is -0.223. The number of aromatic nitrogens is 2. The van der Waals surface area contributed by atoms with Gasteiger partial charge < -0.3 is 23.6 Å². The minimum Gasteiger partial charge on any atom is -0.444 e. The number of amides is 1. The first kappa shape index (κ1) is 24.0. The van der Waals surface area contributed by atoms with E-state index in [-0.39, 0.29) is 17.6 Å². The van der Waals surface area contributed by atoms with Gasteiger partial charge in [-0.1, -0.05) is 5.16 Å². The van der Waals surface area contributed by atoms with Gasteiger partial charge in [-0.3, -0.25) is 0 Å². The standard InChI is InChI=1S/C26H41N3O5/c1-6-31-16(2)32-21(20-8-7-9-29(20)24(30)33-25(3,4)5)22-27-23(34-28-22)26-13-17-10-18(14-26)12-19(11-17)15-26/h16-21H,6-15H2,1-5H3/t16?,17?,18?,19?,20-,21?,26?/m0/s1. The van der Waals surface area contributed by atoms with Crippen molar-refractivity contribution in [2.75, 3.05) is 13.2 Å². The van der Waals surface area contributed by atoms with Gasteiger partial charge in [0.05, 0.1) is 11.5 Å². The minimum atomic E-state index is -0.559. The predicted octanol–water partition coefficient (Wildman–Crippen LogP) is 5.38. The van der Waals surface area contributed by atoms with Crippen LogP contribution in [-0.4, -0.2) is 52.2 Å². The molecule has 6 rings (SSSR count). The van der Waals surface area contributed by atoms with Crippen LogP contribution in [0.5, 0.6) is 0 Å². The lowest BCUT2D eigenvalue weighted by Crippen LogP contribution is -2.48. The Hall–Kier alpha value is -1.67. The molecule has 2 unspecified atom stereocenters. The number of hydrogen-bond acceptors (Lipinski definition) is 7. The zero-order valence-electron chi connectivity index (χ0n) is 21.4. The highest BCUT2D eigenvalue weighted by atomic mass is 16.7. The Morgan fingerprint density at radius 1 is 1.18 bits per heavy atom. The van der Waals surface area contributed by atoms with Gasteiger partial charge in [-0.25, -0.2) is 4.79 Å². The van der Waals surface area contributed by atoms with Crippen molar-refractivity contribution in [1.29, 1.82) is 0 Å². The van der Waals surface area contributed by atoms with Gasteiger partial charge in [0.2, 0.25) is 11.7 Å². The van der Waals surface area contributed by atoms with Crippen LogP contribution in [0.4, 0.5) is 4.79 Å². The topological polar surface area (TPSA) is 86.9 Å². The van der Waals surface area contributed by atoms with Gasteiger partial charge in [-0.2, -0.15) is 4.98 Å². The molecule has 190 valence electrons. The van der Waals surface area contributed by atoms with E-state index in [0.717, 1.165) is 55.7 Å². The molecular formula is C26H41N3O5. The lowest BCUT2D eigenvalue weighted by molar-refractivity contribution is -0.174. The number of likely N-dealkylation sites (tertiary alicyclic amines) is 1. The average molecular weight is 476 g/mol. The van der Waals surface area contributed by atoms with E-state index >= 15 is 0 Å². The van der Waals surface area contributed by atoms with E-state index in [9.17, 15) is 4.79 Å². The molecule has 1 aliphatic heterocycles. The van der Waals surface area contributed by atoms with Crippen LogP contribution in [0.1, 0.15) is 104 Å². The Labute approximate surface area is 203 Å². The van der Waals surface area contributed by atoms with E-state index < -0.39 is 18.0 Å². The third-order valence-corrected chi connectivity index (χ3v) is 8.20. The molecule has 5 aliphatic rings. The molecular weight excluding hydrogens is 434 g/mol. The third kappa shape index (κ3) is 4.72. The molecule has 0 aromatic carbocycles. The molecule has 3 atom stereocenters. The highest BCUT2D eigenvalue weighted by molar-refractivity contribution is 5.69. The van der Waals surface area contributed by atoms with E-state index in [4.69, 9.17) is 23.7 Å². The number of ether oxygens (including phenoxy) is 3. The second kappa shape index (κ2) is 9.08. The zero-order chi connectivity index (χ0) is 24.1. The molecule has 1 aromatic rings. The van der Waals surface area contributed by atoms with Gasteiger partial charge >= 0.3 is 6.09 Å². The Morgan fingerprint density at radius 3 is 2.41 bits per heavy atom. The van der Waals surface area contributed by atoms with E-state index in [1.807, 2.05) is 34.6 Å². The Kier molecular flexibility index (Phi) is 6.42. The summed E-state index contributed by atoms with van der Waals surface area (Å²) >= 11 is 0. The fraction of sp³-hybridized carbons (Fsp3) is 0.885. The van der Waals surface area contributed by atoms with E-state index in [1.54, 1.807) is 4.90 Å². The van der Waals surface area contributed by atoms with Crippen LogP contribution in [0, 0.1) is 17.8 Å². The summed E-state index contributed by atoms with van der Waals surface area (Å²) in [6.07, 6.45) is 7.97. The summed E-state index contributed by atoms with van der Waals surface area (Å²) in [4.78, 5) is 19.8. The summed E-state index contributed by atoms with van der Waals surface area (Å²) < 4.78 is 23.7. The van der Waals surface area contributed by atoms with E-state index in [1.165, 1.54) is 19.3 Å². The molecule has 5 fully saturated rings. The van der Waals surface area contributed by atoms with Crippen molar-refractivity contribution >= 4 is 6.09 Å². The fourth-order valence-electron chi connectivity index (χ4n) is 7.40. The van der Waals surface area contributed by atoms with E-state index in [0.29, 0.717) is 19.0 Å². The molecule has 1 aromatic heterocycles. The molecule has 4 aliphatic carbocycles. The SMILES string of the molecule is CCOC(C)OC(c1noc(C23CC4CC(CC(C4)C2)C3)n1)[C@@H]1CCCN1C(=O)OC(C)(C)C. The first-order valence-corrected chi connectivity index (χ1v) is 13.3. The van der Waals surface area contributed by atoms with Gasteiger partial charge in [-0.05, 0) is 104 Å². The molecule has 0 spiro atoms. The van der Waals surface area contributed by atoms with Crippen LogP contribution >= 0.6 is 0 Å². The summed E-state index contributed by atoms with van der Waals surface area (Å²) in [5.41, 5.74) is -0.534. The fourth-order valence-corrected chi connectivity index (χ4v) is 7.40. The predicted molar refractivity (Wildman–Crippen MR) is 125 cm³/mol. The Balaban J connectivity index is 1.41. The molecule has 34 heavy (non-hydrogen) atoms. The van der Waals surface area contributed by atoms with Gasteiger partial charge in [0, 0.05) is 13.2 Å². The van der Waals surface area contributed by atoms with Gasteiger partial charge in [0.1, 0.15) is 11.7 Å². The highest BCUT2D eigenvalue weighted by Gasteiger charge is 2.55. The van der Waals surface area contributed by atoms with Crippen LogP contribution in [0.15, 0.2) is 4.52 Å². The monoisotopic (exact) mass is 475 g/mol. The van der Waals surface area contributed by atoms with Gasteiger partial charge in [0.15, 0.2) is 6.29 Å². The maximum absolute atomic E-state index is 13.0. The van der Waals surface area contributed by atoms with Crippen molar-refractivity contribution in [2.24, 2.45) is 17.8 Å². The number of rotatable bonds is 7. The maximum atomic E-state index is 13.0. The molecule has 2 heterocycles. The number of carbonyl (C=O) groups excluding carboxylic acids is 1. The van der Waals surface area contributed by atoms with Crippen molar-refractivity contribution in [3.63, 3.8) is 0 Å². The summed E-state index contributed by atoms with van der Waals surface area (Å²) in [7, 11) is 0. The summed E-state index contributed by atoms with van der Waals surface area (Å²) in [5, 5.41) is 4.45. The van der Waals surface area contributed by atoms with E-state index in [2.05, 4.69) is 5.16 Å². The first-order chi connectivity index (χ1) is 16.2. The number of hydrogen-bond donors (Lipinski definition) is 0. The lowest BCUT2D eigenvalue weighted by atomic mass is 9.49. The van der Waals surface area contributed by atoms with Crippen molar-refractivity contribution in [3.05, 3.63) is 11.7 Å². The normalized spacial score (nSPS) is 34.4. The molecule has 4 saturated carbocycles. The van der Waals surface area contributed by atoms with Crippen molar-refractivity contribution in [2.45, 2.75) is 115 Å². The zero-order valence-corrected chi connectivity index (χ0v) is 21.4. The molecule has 8 nitrogen and oxygen atoms in total. The highest BCUT2D eigenvalue weighted by Crippen LogP contribution is 2.60. The molecule has 1 amide bonds. The van der Waals surface area contributed by atoms with Crippen LogP contribution in [-0.2, 0) is 19.6 Å². The van der Waals surface area contributed by atoms with Crippen LogP contribution in [0.3, 0.4) is 0 Å². The Morgan fingerprint density at radius 2 is 1.82 bits per heavy atom. The van der Waals surface area contributed by atoms with Crippen molar-refractivity contribution < 1.29 is 23.5 Å². The molecule has 0 radical (unpaired) electrons. The molecule has 0 N–H and O–H groups in total. The minimum absolute atomic E-state index is 0.0244. The van der Waals surface area contributed by atoms with Crippen LogP contribution in [0.2, 0.25) is 0 Å². The largest absolute Gasteiger partial charge is 0.444 e. The van der Waals surface area contributed by atoms with Crippen LogP contribution < -0.4 is 0 Å². The van der Waals surface area contributed by atoms with Gasteiger partial charge in [0.25, 0.3) is 0 Å². The lowest BCUT2D eigenvalue weighted by Gasteiger charge is -2.55. The molecule has 1 saturated heterocycles. The van der Waals surface area contributed by atoms with Crippen molar-refractivity contribution in [3.8, 4) is 0 Å². The second-order valence-corrected chi connectivity index (χ2v) is 12.1.